The fraction of sp³-hybridized carbons (Fsp3) is 0.375. The summed E-state index contributed by atoms with van der Waals surface area (Å²) in [4.78, 5) is 16.7. The van der Waals surface area contributed by atoms with Crippen molar-refractivity contribution in [3.8, 4) is 22.9 Å². The van der Waals surface area contributed by atoms with E-state index < -0.39 is 5.91 Å². The maximum absolute atomic E-state index is 12.3. The summed E-state index contributed by atoms with van der Waals surface area (Å²) in [5, 5.41) is 4.77. The Hall–Kier alpha value is -2.96. The molecule has 3 aromatic rings. The van der Waals surface area contributed by atoms with Crippen molar-refractivity contribution in [1.29, 1.82) is 0 Å². The van der Waals surface area contributed by atoms with Gasteiger partial charge >= 0.3 is 0 Å². The molecule has 4 rings (SSSR count). The highest BCUT2D eigenvalue weighted by molar-refractivity contribution is 7.13. The van der Waals surface area contributed by atoms with Crippen LogP contribution < -0.4 is 16.2 Å². The molecule has 1 aliphatic rings. The van der Waals surface area contributed by atoms with Crippen LogP contribution in [0.25, 0.3) is 11.3 Å². The molecule has 1 amide bonds. The lowest BCUT2D eigenvalue weighted by molar-refractivity contribution is 0.100. The largest absolute Gasteiger partial charge is 0.439 e. The van der Waals surface area contributed by atoms with Gasteiger partial charge in [-0.25, -0.2) is 9.67 Å². The fourth-order valence-electron chi connectivity index (χ4n) is 4.22. The van der Waals surface area contributed by atoms with Crippen LogP contribution in [0.4, 0.5) is 5.82 Å². The molecule has 1 aromatic carbocycles. The van der Waals surface area contributed by atoms with Gasteiger partial charge in [-0.3, -0.25) is 9.46 Å². The first kappa shape index (κ1) is 23.2. The second kappa shape index (κ2) is 10.8. The average Bonchev–Trinajstić information content (AvgIpc) is 3.16. The van der Waals surface area contributed by atoms with Gasteiger partial charge in [-0.15, -0.1) is 0 Å². The lowest BCUT2D eigenvalue weighted by Crippen LogP contribution is -2.22. The van der Waals surface area contributed by atoms with Crippen LogP contribution in [0.5, 0.6) is 11.6 Å². The summed E-state index contributed by atoms with van der Waals surface area (Å²) in [7, 11) is 2.81. The van der Waals surface area contributed by atoms with E-state index in [-0.39, 0.29) is 11.6 Å². The Morgan fingerprint density at radius 1 is 1.03 bits per heavy atom. The van der Waals surface area contributed by atoms with Crippen molar-refractivity contribution in [3.05, 3.63) is 54.2 Å². The third kappa shape index (κ3) is 5.70. The zero-order valence-corrected chi connectivity index (χ0v) is 19.8. The molecule has 3 heterocycles. The quantitative estimate of drug-likeness (QED) is 0.539. The number of hydrogen-bond donors (Lipinski definition) is 2. The van der Waals surface area contributed by atoms with E-state index in [1.165, 1.54) is 19.3 Å². The molecule has 8 nitrogen and oxygen atoms in total. The van der Waals surface area contributed by atoms with E-state index in [1.807, 2.05) is 36.4 Å². The van der Waals surface area contributed by atoms with Crippen LogP contribution in [-0.4, -0.2) is 38.4 Å². The van der Waals surface area contributed by atoms with E-state index >= 15 is 0 Å². The number of pyridine rings is 1. The SMILES string of the molecule is NC(=O)c1c(-c2ccc(Oc3ccccc3)nc2)nn(C2CCCCCCN(P)CC2)c1N. The first-order valence-electron chi connectivity index (χ1n) is 11.4. The highest BCUT2D eigenvalue weighted by atomic mass is 31.0. The van der Waals surface area contributed by atoms with E-state index in [0.29, 0.717) is 28.7 Å². The van der Waals surface area contributed by atoms with Gasteiger partial charge in [0.05, 0.1) is 6.04 Å². The van der Waals surface area contributed by atoms with Crippen LogP contribution in [0.3, 0.4) is 0 Å². The van der Waals surface area contributed by atoms with Crippen molar-refractivity contribution in [1.82, 2.24) is 19.4 Å². The van der Waals surface area contributed by atoms with Gasteiger partial charge in [0.1, 0.15) is 22.8 Å². The Bertz CT molecular complexity index is 1070. The smallest absolute Gasteiger partial charge is 0.254 e. The molecule has 1 fully saturated rings. The topological polar surface area (TPSA) is 112 Å². The lowest BCUT2D eigenvalue weighted by atomic mass is 10.0. The number of benzene rings is 1. The number of primary amides is 1. The van der Waals surface area contributed by atoms with E-state index in [1.54, 1.807) is 16.9 Å². The number of carbonyl (C=O) groups is 1. The molecule has 0 saturated carbocycles. The molecule has 2 aromatic heterocycles. The number of para-hydroxylation sites is 1. The molecule has 9 heteroatoms. The standard InChI is InChI=1S/C24H31N6O2P/c25-23-21(24(26)31)22(17-11-12-20(27-16-17)32-19-9-5-3-6-10-19)28-30(23)18-8-4-1-2-7-14-29(33)15-13-18/h3,5-6,9-12,16,18H,1-2,4,7-8,13-15,25,33H2,(H2,26,31). The highest BCUT2D eigenvalue weighted by Crippen LogP contribution is 2.33. The molecule has 174 valence electrons. The average molecular weight is 467 g/mol. The zero-order chi connectivity index (χ0) is 23.2. The number of anilines is 1. The maximum Gasteiger partial charge on any atom is 0.254 e. The molecule has 33 heavy (non-hydrogen) atoms. The fourth-order valence-corrected chi connectivity index (χ4v) is 4.56. The number of nitrogens with two attached hydrogens (primary N) is 2. The predicted octanol–water partition coefficient (Wildman–Crippen LogP) is 4.41. The van der Waals surface area contributed by atoms with Crippen molar-refractivity contribution in [2.75, 3.05) is 18.8 Å². The first-order valence-corrected chi connectivity index (χ1v) is 11.9. The minimum atomic E-state index is -0.592. The summed E-state index contributed by atoms with van der Waals surface area (Å²) in [6.07, 6.45) is 8.21. The molecule has 4 N–H and O–H groups in total. The van der Waals surface area contributed by atoms with Gasteiger partial charge < -0.3 is 16.2 Å². The summed E-state index contributed by atoms with van der Waals surface area (Å²) in [6.45, 7) is 1.98. The van der Waals surface area contributed by atoms with Crippen LogP contribution in [0, 0.1) is 0 Å². The number of rotatable bonds is 5. The molecule has 2 unspecified atom stereocenters. The van der Waals surface area contributed by atoms with Crippen LogP contribution in [0.1, 0.15) is 54.9 Å². The third-order valence-electron chi connectivity index (χ3n) is 6.00. The van der Waals surface area contributed by atoms with Crippen LogP contribution in [0.15, 0.2) is 48.7 Å². The van der Waals surface area contributed by atoms with E-state index in [2.05, 4.69) is 19.0 Å². The predicted molar refractivity (Wildman–Crippen MR) is 133 cm³/mol. The summed E-state index contributed by atoms with van der Waals surface area (Å²) in [5.41, 5.74) is 13.5. The molecule has 0 bridgehead atoms. The van der Waals surface area contributed by atoms with Gasteiger partial charge in [-0.05, 0) is 37.5 Å². The zero-order valence-electron chi connectivity index (χ0n) is 18.7. The van der Waals surface area contributed by atoms with Gasteiger partial charge in [0.25, 0.3) is 5.91 Å². The molecular weight excluding hydrogens is 435 g/mol. The second-order valence-corrected chi connectivity index (χ2v) is 9.13. The summed E-state index contributed by atoms with van der Waals surface area (Å²) >= 11 is 0. The highest BCUT2D eigenvalue weighted by Gasteiger charge is 2.26. The molecule has 0 spiro atoms. The van der Waals surface area contributed by atoms with Crippen molar-refractivity contribution >= 4 is 21.1 Å². The van der Waals surface area contributed by atoms with Gasteiger partial charge in [0, 0.05) is 30.9 Å². The number of amides is 1. The van der Waals surface area contributed by atoms with Crippen molar-refractivity contribution in [2.45, 2.75) is 44.6 Å². The minimum Gasteiger partial charge on any atom is -0.439 e. The second-order valence-electron chi connectivity index (χ2n) is 8.40. The van der Waals surface area contributed by atoms with E-state index in [0.717, 1.165) is 32.4 Å². The molecule has 0 aliphatic carbocycles. The summed E-state index contributed by atoms with van der Waals surface area (Å²) in [5.74, 6) is 0.874. The Morgan fingerprint density at radius 2 is 1.82 bits per heavy atom. The Morgan fingerprint density at radius 3 is 2.55 bits per heavy atom. The number of nitrogen functional groups attached to an aromatic ring is 1. The number of aromatic nitrogens is 3. The van der Waals surface area contributed by atoms with Crippen molar-refractivity contribution in [3.63, 3.8) is 0 Å². The minimum absolute atomic E-state index is 0.103. The number of nitrogens with zero attached hydrogens (tertiary/aromatic N) is 4. The molecule has 0 radical (unpaired) electrons. The van der Waals surface area contributed by atoms with Crippen LogP contribution >= 0.6 is 9.39 Å². The summed E-state index contributed by atoms with van der Waals surface area (Å²) < 4.78 is 9.83. The summed E-state index contributed by atoms with van der Waals surface area (Å²) in [6, 6.07) is 13.1. The molecule has 2 atom stereocenters. The lowest BCUT2D eigenvalue weighted by Gasteiger charge is -2.24. The van der Waals surface area contributed by atoms with E-state index in [4.69, 9.17) is 21.3 Å². The first-order chi connectivity index (χ1) is 16.0. The van der Waals surface area contributed by atoms with E-state index in [9.17, 15) is 4.79 Å². The Kier molecular flexibility index (Phi) is 7.57. The Balaban J connectivity index is 1.61. The van der Waals surface area contributed by atoms with Gasteiger partial charge in [0.2, 0.25) is 5.88 Å². The van der Waals surface area contributed by atoms with Crippen LogP contribution in [-0.2, 0) is 0 Å². The molecule has 1 saturated heterocycles. The van der Waals surface area contributed by atoms with Crippen molar-refractivity contribution in [2.24, 2.45) is 5.73 Å². The van der Waals surface area contributed by atoms with Crippen LogP contribution in [0.2, 0.25) is 0 Å². The number of ether oxygens (including phenoxy) is 1. The monoisotopic (exact) mass is 466 g/mol. The molecular formula is C24H31N6O2P. The van der Waals surface area contributed by atoms with Gasteiger partial charge in [0.15, 0.2) is 0 Å². The number of hydrogen-bond acceptors (Lipinski definition) is 6. The van der Waals surface area contributed by atoms with Gasteiger partial charge in [-0.2, -0.15) is 5.10 Å². The number of carbonyl (C=O) groups excluding carboxylic acids is 1. The van der Waals surface area contributed by atoms with Crippen molar-refractivity contribution < 1.29 is 9.53 Å². The Labute approximate surface area is 196 Å². The third-order valence-corrected chi connectivity index (χ3v) is 6.51. The molecule has 1 aliphatic heterocycles. The maximum atomic E-state index is 12.3. The normalized spacial score (nSPS) is 18.0. The van der Waals surface area contributed by atoms with Gasteiger partial charge in [-0.1, -0.05) is 46.9 Å².